The molecule has 2 heterocycles. The highest BCUT2D eigenvalue weighted by atomic mass is 32.2. The lowest BCUT2D eigenvalue weighted by molar-refractivity contribution is 0.483. The minimum atomic E-state index is -4.02. The molecule has 23 heavy (non-hydrogen) atoms. The number of aromatic nitrogens is 3. The molecule has 0 aliphatic rings. The number of benzene rings is 1. The van der Waals surface area contributed by atoms with Crippen molar-refractivity contribution >= 4 is 10.1 Å². The molecule has 0 radical (unpaired) electrons. The second-order valence-electron chi connectivity index (χ2n) is 4.90. The summed E-state index contributed by atoms with van der Waals surface area (Å²) in [6, 6.07) is 9.99. The van der Waals surface area contributed by atoms with Crippen LogP contribution in [0.1, 0.15) is 16.8 Å². The lowest BCUT2D eigenvalue weighted by atomic mass is 10.2. The molecule has 2 N–H and O–H groups in total. The van der Waals surface area contributed by atoms with Crippen molar-refractivity contribution in [3.63, 3.8) is 0 Å². The van der Waals surface area contributed by atoms with Crippen LogP contribution >= 0.6 is 0 Å². The van der Waals surface area contributed by atoms with Crippen LogP contribution in [0.5, 0.6) is 0 Å². The highest BCUT2D eigenvalue weighted by Gasteiger charge is 2.06. The summed E-state index contributed by atoms with van der Waals surface area (Å²) in [5, 5.41) is 0. The van der Waals surface area contributed by atoms with Gasteiger partial charge in [-0.1, -0.05) is 17.7 Å². The second-order valence-corrected chi connectivity index (χ2v) is 6.32. The average Bonchev–Trinajstić information content (AvgIpc) is 3.01. The predicted molar refractivity (Wildman–Crippen MR) is 86.6 cm³/mol. The number of imidazole rings is 1. The molecule has 3 rings (SSSR count). The fourth-order valence-electron chi connectivity index (χ4n) is 1.81. The van der Waals surface area contributed by atoms with Gasteiger partial charge in [0.1, 0.15) is 0 Å². The Morgan fingerprint density at radius 3 is 2.22 bits per heavy atom. The Morgan fingerprint density at radius 1 is 1.04 bits per heavy atom. The number of pyridine rings is 1. The molecular weight excluding hydrogens is 314 g/mol. The SMILES string of the molecule is Cc1ccc(S(=O)(=O)O)cc1.c1cc(Cc2cnc[nH]2)ccn1. The summed E-state index contributed by atoms with van der Waals surface area (Å²) in [5.41, 5.74) is 3.33. The van der Waals surface area contributed by atoms with Crippen molar-refractivity contribution in [2.45, 2.75) is 18.2 Å². The first kappa shape index (κ1) is 16.9. The van der Waals surface area contributed by atoms with Gasteiger partial charge in [-0.3, -0.25) is 9.54 Å². The number of aromatic amines is 1. The molecule has 0 bridgehead atoms. The third kappa shape index (κ3) is 5.65. The van der Waals surface area contributed by atoms with Crippen LogP contribution in [0.25, 0.3) is 0 Å². The van der Waals surface area contributed by atoms with E-state index in [1.54, 1.807) is 30.9 Å². The Bertz CT molecular complexity index is 815. The summed E-state index contributed by atoms with van der Waals surface area (Å²) in [7, 11) is -4.02. The Balaban J connectivity index is 0.000000168. The molecule has 0 saturated carbocycles. The van der Waals surface area contributed by atoms with Crippen LogP contribution in [0.3, 0.4) is 0 Å². The highest BCUT2D eigenvalue weighted by molar-refractivity contribution is 7.85. The quantitative estimate of drug-likeness (QED) is 0.719. The molecule has 3 aromatic rings. The lowest BCUT2D eigenvalue weighted by Crippen LogP contribution is -1.96. The van der Waals surface area contributed by atoms with E-state index in [0.29, 0.717) is 0 Å². The van der Waals surface area contributed by atoms with E-state index in [1.807, 2.05) is 25.3 Å². The minimum Gasteiger partial charge on any atom is -0.348 e. The smallest absolute Gasteiger partial charge is 0.294 e. The van der Waals surface area contributed by atoms with Crippen molar-refractivity contribution in [3.8, 4) is 0 Å². The van der Waals surface area contributed by atoms with Gasteiger partial charge in [-0.05, 0) is 36.8 Å². The number of aryl methyl sites for hydroxylation is 1. The third-order valence-electron chi connectivity index (χ3n) is 3.02. The maximum atomic E-state index is 10.5. The molecule has 0 fully saturated rings. The molecule has 0 aliphatic carbocycles. The number of H-pyrrole nitrogens is 1. The fraction of sp³-hybridized carbons (Fsp3) is 0.125. The number of rotatable bonds is 3. The molecule has 6 nitrogen and oxygen atoms in total. The summed E-state index contributed by atoms with van der Waals surface area (Å²) in [4.78, 5) is 10.9. The van der Waals surface area contributed by atoms with Crippen LogP contribution in [0.4, 0.5) is 0 Å². The van der Waals surface area contributed by atoms with Crippen LogP contribution in [0, 0.1) is 6.92 Å². The first-order valence-corrected chi connectivity index (χ1v) is 8.29. The fourth-order valence-corrected chi connectivity index (χ4v) is 2.29. The third-order valence-corrected chi connectivity index (χ3v) is 3.89. The van der Waals surface area contributed by atoms with Crippen molar-refractivity contribution in [2.75, 3.05) is 0 Å². The van der Waals surface area contributed by atoms with Gasteiger partial charge >= 0.3 is 0 Å². The Hall–Kier alpha value is -2.51. The van der Waals surface area contributed by atoms with Crippen LogP contribution < -0.4 is 0 Å². The van der Waals surface area contributed by atoms with Crippen LogP contribution in [0.2, 0.25) is 0 Å². The van der Waals surface area contributed by atoms with Gasteiger partial charge in [-0.2, -0.15) is 8.42 Å². The Kier molecular flexibility index (Phi) is 5.61. The molecule has 120 valence electrons. The maximum absolute atomic E-state index is 10.5. The van der Waals surface area contributed by atoms with Crippen LogP contribution in [0.15, 0.2) is 66.2 Å². The molecule has 0 aliphatic heterocycles. The summed E-state index contributed by atoms with van der Waals surface area (Å²) in [6.45, 7) is 1.84. The number of hydrogen-bond donors (Lipinski definition) is 2. The van der Waals surface area contributed by atoms with Gasteiger partial charge in [0.25, 0.3) is 10.1 Å². The summed E-state index contributed by atoms with van der Waals surface area (Å²) >= 11 is 0. The number of nitrogens with one attached hydrogen (secondary N) is 1. The average molecular weight is 331 g/mol. The zero-order valence-electron chi connectivity index (χ0n) is 12.5. The van der Waals surface area contributed by atoms with Gasteiger partial charge < -0.3 is 4.98 Å². The van der Waals surface area contributed by atoms with Crippen LogP contribution in [-0.4, -0.2) is 27.9 Å². The molecule has 2 aromatic heterocycles. The van der Waals surface area contributed by atoms with Gasteiger partial charge in [-0.15, -0.1) is 0 Å². The van der Waals surface area contributed by atoms with Gasteiger partial charge in [0.05, 0.1) is 11.2 Å². The van der Waals surface area contributed by atoms with Crippen LogP contribution in [-0.2, 0) is 16.5 Å². The molecule has 0 spiro atoms. The largest absolute Gasteiger partial charge is 0.348 e. The highest BCUT2D eigenvalue weighted by Crippen LogP contribution is 2.08. The molecule has 7 heteroatoms. The number of nitrogens with zero attached hydrogens (tertiary/aromatic N) is 2. The minimum absolute atomic E-state index is 0.0666. The van der Waals surface area contributed by atoms with E-state index in [-0.39, 0.29) is 4.90 Å². The molecule has 1 aromatic carbocycles. The summed E-state index contributed by atoms with van der Waals surface area (Å²) in [5.74, 6) is 0. The van der Waals surface area contributed by atoms with E-state index in [1.165, 1.54) is 17.7 Å². The number of hydrogen-bond acceptors (Lipinski definition) is 4. The summed E-state index contributed by atoms with van der Waals surface area (Å²) < 4.78 is 29.6. The van der Waals surface area contributed by atoms with E-state index < -0.39 is 10.1 Å². The lowest BCUT2D eigenvalue weighted by Gasteiger charge is -1.95. The van der Waals surface area contributed by atoms with E-state index >= 15 is 0 Å². The first-order chi connectivity index (χ1) is 10.9. The van der Waals surface area contributed by atoms with Gasteiger partial charge in [0, 0.05) is 30.7 Å². The van der Waals surface area contributed by atoms with E-state index in [9.17, 15) is 8.42 Å². The molecular formula is C16H17N3O3S. The zero-order valence-corrected chi connectivity index (χ0v) is 13.4. The van der Waals surface area contributed by atoms with E-state index in [0.717, 1.165) is 17.7 Å². The summed E-state index contributed by atoms with van der Waals surface area (Å²) in [6.07, 6.45) is 8.01. The zero-order chi connectivity index (χ0) is 16.7. The van der Waals surface area contributed by atoms with E-state index in [4.69, 9.17) is 4.55 Å². The topological polar surface area (TPSA) is 95.9 Å². The maximum Gasteiger partial charge on any atom is 0.294 e. The van der Waals surface area contributed by atoms with E-state index in [2.05, 4.69) is 15.0 Å². The monoisotopic (exact) mass is 331 g/mol. The molecule has 0 unspecified atom stereocenters. The van der Waals surface area contributed by atoms with Crippen molar-refractivity contribution < 1.29 is 13.0 Å². The van der Waals surface area contributed by atoms with Crippen molar-refractivity contribution in [1.29, 1.82) is 0 Å². The standard InChI is InChI=1S/C9H9N3.C7H8O3S/c1-3-10-4-2-8(1)5-9-6-11-7-12-9;1-6-2-4-7(5-3-6)11(8,9)10/h1-4,6-7H,5H2,(H,11,12);2-5H,1H3,(H,8,9,10). The molecule has 0 amide bonds. The Labute approximate surface area is 135 Å². The van der Waals surface area contributed by atoms with Gasteiger partial charge in [0.2, 0.25) is 0 Å². The van der Waals surface area contributed by atoms with Crippen molar-refractivity contribution in [3.05, 3.63) is 78.1 Å². The molecule has 0 atom stereocenters. The molecule has 0 saturated heterocycles. The Morgan fingerprint density at radius 2 is 1.70 bits per heavy atom. The van der Waals surface area contributed by atoms with Gasteiger partial charge in [-0.25, -0.2) is 4.98 Å². The van der Waals surface area contributed by atoms with Crippen molar-refractivity contribution in [2.24, 2.45) is 0 Å². The second kappa shape index (κ2) is 7.66. The normalized spacial score (nSPS) is 10.7. The first-order valence-electron chi connectivity index (χ1n) is 6.85. The predicted octanol–water partition coefficient (Wildman–Crippen LogP) is 2.64. The van der Waals surface area contributed by atoms with Gasteiger partial charge in [0.15, 0.2) is 0 Å². The van der Waals surface area contributed by atoms with Crippen molar-refractivity contribution in [1.82, 2.24) is 15.0 Å².